The maximum absolute atomic E-state index is 13.6. The first kappa shape index (κ1) is 21.5. The Morgan fingerprint density at radius 1 is 0.879 bits per heavy atom. The number of para-hydroxylation sites is 1. The number of hydrogen-bond donors (Lipinski definition) is 0. The number of carbonyl (C=O) groups excluding carboxylic acids is 1. The van der Waals surface area contributed by atoms with Crippen LogP contribution in [0.2, 0.25) is 0 Å². The van der Waals surface area contributed by atoms with Gasteiger partial charge in [-0.3, -0.25) is 9.59 Å². The zero-order valence-electron chi connectivity index (χ0n) is 17.4. The summed E-state index contributed by atoms with van der Waals surface area (Å²) < 4.78 is 3.05. The van der Waals surface area contributed by atoms with E-state index in [1.165, 1.54) is 9.69 Å². The second-order valence-electron chi connectivity index (χ2n) is 7.44. The second-order valence-corrected chi connectivity index (χ2v) is 9.28. The highest BCUT2D eigenvalue weighted by Crippen LogP contribution is 2.26. The van der Waals surface area contributed by atoms with Crippen molar-refractivity contribution >= 4 is 60.6 Å². The van der Waals surface area contributed by atoms with Gasteiger partial charge in [-0.2, -0.15) is 9.69 Å². The first-order chi connectivity index (χ1) is 15.9. The molecule has 0 spiro atoms. The van der Waals surface area contributed by atoms with E-state index in [4.69, 9.17) is 4.98 Å². The van der Waals surface area contributed by atoms with E-state index in [0.717, 1.165) is 14.5 Å². The van der Waals surface area contributed by atoms with Gasteiger partial charge in [-0.15, -0.1) is 0 Å². The topological polar surface area (TPSA) is 67.6 Å². The Kier molecular flexibility index (Phi) is 5.55. The van der Waals surface area contributed by atoms with Crippen LogP contribution in [0, 0.1) is 0 Å². The maximum Gasteiger partial charge on any atom is 0.297 e. The lowest BCUT2D eigenvalue weighted by atomic mass is 10.2. The number of halogens is 2. The van der Waals surface area contributed by atoms with Gasteiger partial charge in [0, 0.05) is 14.5 Å². The molecular formula is C25H16Br2N4O2. The molecule has 0 atom stereocenters. The molecule has 4 aromatic rings. The number of fused-ring (bicyclic) bond motifs is 1. The fourth-order valence-corrected chi connectivity index (χ4v) is 5.08. The van der Waals surface area contributed by atoms with Gasteiger partial charge >= 0.3 is 0 Å². The molecule has 1 aromatic heterocycles. The lowest BCUT2D eigenvalue weighted by molar-refractivity contribution is -0.115. The fraction of sp³-hybridized carbons (Fsp3) is 0.0400. The number of rotatable bonds is 3. The molecule has 8 heteroatoms. The molecule has 0 N–H and O–H groups in total. The lowest BCUT2D eigenvalue weighted by Crippen LogP contribution is -2.47. The van der Waals surface area contributed by atoms with Gasteiger partial charge in [0.25, 0.3) is 11.5 Å². The van der Waals surface area contributed by atoms with Gasteiger partial charge in [0.15, 0.2) is 5.82 Å². The number of aromatic nitrogens is 2. The lowest BCUT2D eigenvalue weighted by Gasteiger charge is -2.22. The summed E-state index contributed by atoms with van der Waals surface area (Å²) in [5.74, 6) is 0.352. The van der Waals surface area contributed by atoms with Crippen molar-refractivity contribution in [2.24, 2.45) is 4.99 Å². The van der Waals surface area contributed by atoms with Crippen molar-refractivity contribution in [3.63, 3.8) is 0 Å². The molecule has 1 amide bonds. The molecule has 33 heavy (non-hydrogen) atoms. The predicted molar refractivity (Wildman–Crippen MR) is 138 cm³/mol. The van der Waals surface area contributed by atoms with Crippen LogP contribution in [-0.2, 0) is 4.79 Å². The van der Waals surface area contributed by atoms with E-state index in [2.05, 4.69) is 36.9 Å². The molecule has 5 rings (SSSR count). The van der Waals surface area contributed by atoms with Crippen molar-refractivity contribution in [2.45, 2.75) is 6.92 Å². The molecule has 0 saturated carbocycles. The van der Waals surface area contributed by atoms with Crippen LogP contribution in [-0.4, -0.2) is 21.4 Å². The van der Waals surface area contributed by atoms with Crippen LogP contribution in [0.5, 0.6) is 0 Å². The minimum Gasteiger partial charge on any atom is -0.267 e. The third-order valence-corrected chi connectivity index (χ3v) is 6.09. The first-order valence-corrected chi connectivity index (χ1v) is 11.7. The summed E-state index contributed by atoms with van der Waals surface area (Å²) in [6, 6.07) is 22.1. The highest BCUT2D eigenvalue weighted by Gasteiger charge is 2.32. The zero-order valence-corrected chi connectivity index (χ0v) is 20.5. The number of nitrogens with zero attached hydrogens (tertiary/aromatic N) is 4. The molecule has 0 aliphatic carbocycles. The normalized spacial score (nSPS) is 14.9. The summed E-state index contributed by atoms with van der Waals surface area (Å²) in [4.78, 5) is 36.3. The van der Waals surface area contributed by atoms with Gasteiger partial charge in [0.1, 0.15) is 11.5 Å². The third kappa shape index (κ3) is 3.96. The van der Waals surface area contributed by atoms with Crippen LogP contribution < -0.4 is 10.6 Å². The monoisotopic (exact) mass is 562 g/mol. The van der Waals surface area contributed by atoms with Gasteiger partial charge < -0.3 is 0 Å². The van der Waals surface area contributed by atoms with Crippen LogP contribution in [0.25, 0.3) is 28.4 Å². The number of hydrogen-bond acceptors (Lipinski definition) is 4. The Hall–Kier alpha value is -3.36. The summed E-state index contributed by atoms with van der Waals surface area (Å²) in [7, 11) is 0. The molecule has 0 unspecified atom stereocenters. The van der Waals surface area contributed by atoms with Gasteiger partial charge in [0.05, 0.1) is 10.9 Å². The van der Waals surface area contributed by atoms with Crippen LogP contribution in [0.1, 0.15) is 12.5 Å². The van der Waals surface area contributed by atoms with Crippen molar-refractivity contribution in [1.29, 1.82) is 0 Å². The van der Waals surface area contributed by atoms with Crippen molar-refractivity contribution in [1.82, 2.24) is 9.66 Å². The average molecular weight is 564 g/mol. The highest BCUT2D eigenvalue weighted by molar-refractivity contribution is 9.11. The molecule has 162 valence electrons. The summed E-state index contributed by atoms with van der Waals surface area (Å²) in [5, 5.41) is 1.72. The summed E-state index contributed by atoms with van der Waals surface area (Å²) in [6.07, 6.45) is 1.70. The van der Waals surface area contributed by atoms with Crippen LogP contribution >= 0.6 is 31.9 Å². The van der Waals surface area contributed by atoms with E-state index in [0.29, 0.717) is 28.1 Å². The number of amidine groups is 1. The molecule has 0 saturated heterocycles. The van der Waals surface area contributed by atoms with Gasteiger partial charge in [-0.25, -0.2) is 9.98 Å². The van der Waals surface area contributed by atoms with Gasteiger partial charge in [0.2, 0.25) is 0 Å². The second kappa shape index (κ2) is 8.53. The van der Waals surface area contributed by atoms with Gasteiger partial charge in [-0.05, 0) is 48.9 Å². The van der Waals surface area contributed by atoms with Crippen LogP contribution in [0.15, 0.2) is 97.2 Å². The highest BCUT2D eigenvalue weighted by atomic mass is 79.9. The van der Waals surface area contributed by atoms with Crippen molar-refractivity contribution in [2.75, 3.05) is 5.01 Å². The smallest absolute Gasteiger partial charge is 0.267 e. The van der Waals surface area contributed by atoms with Crippen LogP contribution in [0.3, 0.4) is 0 Å². The standard InChI is InChI=1S/C25H16Br2N4O2/c1-15-28-22(13-16-11-18(26)14-19(27)12-16)25(33)30(15)31-23(17-7-3-2-4-8-17)29-21-10-6-5-9-20(21)24(31)32/h2-14H,1H3/b22-13+. The minimum atomic E-state index is -0.403. The quantitative estimate of drug-likeness (QED) is 0.308. The molecule has 1 aliphatic rings. The van der Waals surface area contributed by atoms with E-state index >= 15 is 0 Å². The van der Waals surface area contributed by atoms with Crippen molar-refractivity contribution in [3.8, 4) is 11.4 Å². The summed E-state index contributed by atoms with van der Waals surface area (Å²) in [6.45, 7) is 1.70. The molecule has 3 aromatic carbocycles. The number of amides is 1. The van der Waals surface area contributed by atoms with E-state index in [1.807, 2.05) is 54.6 Å². The Bertz CT molecular complexity index is 1520. The average Bonchev–Trinajstić information content (AvgIpc) is 3.06. The molecule has 2 heterocycles. The molecule has 1 aliphatic heterocycles. The van der Waals surface area contributed by atoms with E-state index in [9.17, 15) is 9.59 Å². The minimum absolute atomic E-state index is 0.233. The largest absolute Gasteiger partial charge is 0.297 e. The Morgan fingerprint density at radius 2 is 1.55 bits per heavy atom. The summed E-state index contributed by atoms with van der Waals surface area (Å²) in [5.41, 5.74) is 1.97. The zero-order chi connectivity index (χ0) is 23.1. The Balaban J connectivity index is 1.70. The number of aliphatic imine (C=N–C) groups is 1. The van der Waals surface area contributed by atoms with Crippen molar-refractivity contribution in [3.05, 3.63) is 103 Å². The fourth-order valence-electron chi connectivity index (χ4n) is 3.75. The van der Waals surface area contributed by atoms with Crippen molar-refractivity contribution < 1.29 is 4.79 Å². The van der Waals surface area contributed by atoms with E-state index in [1.54, 1.807) is 31.2 Å². The molecule has 0 bridgehead atoms. The predicted octanol–water partition coefficient (Wildman–Crippen LogP) is 5.53. The maximum atomic E-state index is 13.6. The first-order valence-electron chi connectivity index (χ1n) is 10.1. The molecule has 6 nitrogen and oxygen atoms in total. The Labute approximate surface area is 206 Å². The SMILES string of the molecule is CC1=N/C(=C/c2cc(Br)cc(Br)c2)C(=O)N1n1c(-c2ccccc2)nc2ccccc2c1=O. The number of carbonyl (C=O) groups is 1. The number of benzene rings is 3. The van der Waals surface area contributed by atoms with Gasteiger partial charge in [-0.1, -0.05) is 74.3 Å². The van der Waals surface area contributed by atoms with E-state index in [-0.39, 0.29) is 11.3 Å². The van der Waals surface area contributed by atoms with Crippen LogP contribution in [0.4, 0.5) is 0 Å². The summed E-state index contributed by atoms with van der Waals surface area (Å²) >= 11 is 6.92. The molecular weight excluding hydrogens is 548 g/mol. The third-order valence-electron chi connectivity index (χ3n) is 5.17. The van der Waals surface area contributed by atoms with E-state index < -0.39 is 5.91 Å². The Morgan fingerprint density at radius 3 is 2.27 bits per heavy atom. The molecule has 0 fully saturated rings. The molecule has 0 radical (unpaired) electrons.